The third kappa shape index (κ3) is 4.01. The van der Waals surface area contributed by atoms with Crippen molar-refractivity contribution in [3.8, 4) is 0 Å². The van der Waals surface area contributed by atoms with E-state index in [4.69, 9.17) is 0 Å². The van der Waals surface area contributed by atoms with Crippen molar-refractivity contribution in [2.75, 3.05) is 23.9 Å². The number of carbonyl (C=O) groups is 1. The molecule has 0 aliphatic carbocycles. The molecule has 3 aromatic rings. The molecule has 3 rings (SSSR count). The number of aromatic nitrogens is 2. The molecule has 5 heteroatoms. The standard InChI is InChI=1S/C20H20N4O/c1-23(14-16-9-5-3-6-10-16)19-13-18(21-15-22-19)20(25)24(2)17-11-7-4-8-12-17/h3-13,15H,14H2,1-2H3. The van der Waals surface area contributed by atoms with Gasteiger partial charge in [0.15, 0.2) is 0 Å². The minimum Gasteiger partial charge on any atom is -0.355 e. The molecule has 0 saturated carbocycles. The van der Waals surface area contributed by atoms with Crippen LogP contribution in [0.3, 0.4) is 0 Å². The molecule has 0 fully saturated rings. The highest BCUT2D eigenvalue weighted by Gasteiger charge is 2.16. The molecule has 0 aliphatic heterocycles. The average molecular weight is 332 g/mol. The van der Waals surface area contributed by atoms with E-state index in [1.54, 1.807) is 18.0 Å². The molecule has 1 heterocycles. The van der Waals surface area contributed by atoms with Gasteiger partial charge in [0, 0.05) is 32.4 Å². The number of carbonyl (C=O) groups excluding carboxylic acids is 1. The lowest BCUT2D eigenvalue weighted by atomic mass is 10.2. The van der Waals surface area contributed by atoms with E-state index in [0.717, 1.165) is 5.69 Å². The first-order valence-electron chi connectivity index (χ1n) is 8.05. The average Bonchev–Trinajstić information content (AvgIpc) is 2.68. The number of nitrogens with zero attached hydrogens (tertiary/aromatic N) is 4. The molecule has 0 atom stereocenters. The van der Waals surface area contributed by atoms with Crippen LogP contribution in [0.2, 0.25) is 0 Å². The first-order chi connectivity index (χ1) is 12.1. The number of para-hydroxylation sites is 1. The van der Waals surface area contributed by atoms with Crippen molar-refractivity contribution < 1.29 is 4.79 Å². The van der Waals surface area contributed by atoms with E-state index in [-0.39, 0.29) is 5.91 Å². The Morgan fingerprint density at radius 1 is 0.920 bits per heavy atom. The topological polar surface area (TPSA) is 49.3 Å². The fraction of sp³-hybridized carbons (Fsp3) is 0.150. The highest BCUT2D eigenvalue weighted by atomic mass is 16.2. The Morgan fingerprint density at radius 2 is 1.56 bits per heavy atom. The highest BCUT2D eigenvalue weighted by Crippen LogP contribution is 2.17. The van der Waals surface area contributed by atoms with Crippen LogP contribution in [0.5, 0.6) is 0 Å². The van der Waals surface area contributed by atoms with Crippen LogP contribution in [0.15, 0.2) is 73.1 Å². The number of benzene rings is 2. The predicted octanol–water partition coefficient (Wildman–Crippen LogP) is 3.39. The van der Waals surface area contributed by atoms with Gasteiger partial charge in [-0.2, -0.15) is 0 Å². The molecular formula is C20H20N4O. The van der Waals surface area contributed by atoms with Crippen LogP contribution in [0.1, 0.15) is 16.1 Å². The van der Waals surface area contributed by atoms with Crippen molar-refractivity contribution in [3.63, 3.8) is 0 Å². The summed E-state index contributed by atoms with van der Waals surface area (Å²) in [5, 5.41) is 0. The number of hydrogen-bond donors (Lipinski definition) is 0. The monoisotopic (exact) mass is 332 g/mol. The van der Waals surface area contributed by atoms with Gasteiger partial charge in [-0.1, -0.05) is 48.5 Å². The van der Waals surface area contributed by atoms with Crippen LogP contribution in [0, 0.1) is 0 Å². The third-order valence-electron chi connectivity index (χ3n) is 3.97. The molecule has 2 aromatic carbocycles. The summed E-state index contributed by atoms with van der Waals surface area (Å²) in [6.45, 7) is 0.708. The second-order valence-electron chi connectivity index (χ2n) is 5.80. The lowest BCUT2D eigenvalue weighted by molar-refractivity contribution is 0.0988. The Bertz CT molecular complexity index is 837. The Hall–Kier alpha value is -3.21. The molecular weight excluding hydrogens is 312 g/mol. The first-order valence-corrected chi connectivity index (χ1v) is 8.05. The maximum atomic E-state index is 12.7. The van der Waals surface area contributed by atoms with E-state index < -0.39 is 0 Å². The van der Waals surface area contributed by atoms with Gasteiger partial charge in [-0.05, 0) is 17.7 Å². The number of anilines is 2. The molecule has 25 heavy (non-hydrogen) atoms. The molecule has 5 nitrogen and oxygen atoms in total. The van der Waals surface area contributed by atoms with Gasteiger partial charge >= 0.3 is 0 Å². The molecule has 0 bridgehead atoms. The van der Waals surface area contributed by atoms with E-state index in [2.05, 4.69) is 22.1 Å². The fourth-order valence-electron chi connectivity index (χ4n) is 2.55. The molecule has 0 aliphatic rings. The van der Waals surface area contributed by atoms with Crippen LogP contribution < -0.4 is 9.80 Å². The molecule has 126 valence electrons. The van der Waals surface area contributed by atoms with Crippen molar-refractivity contribution >= 4 is 17.4 Å². The van der Waals surface area contributed by atoms with Gasteiger partial charge in [0.25, 0.3) is 5.91 Å². The third-order valence-corrected chi connectivity index (χ3v) is 3.97. The zero-order valence-corrected chi connectivity index (χ0v) is 14.3. The molecule has 0 spiro atoms. The maximum absolute atomic E-state index is 12.7. The number of amides is 1. The Morgan fingerprint density at radius 3 is 2.24 bits per heavy atom. The van der Waals surface area contributed by atoms with Gasteiger partial charge in [0.2, 0.25) is 0 Å². The smallest absolute Gasteiger partial charge is 0.276 e. The zero-order chi connectivity index (χ0) is 17.6. The largest absolute Gasteiger partial charge is 0.355 e. The summed E-state index contributed by atoms with van der Waals surface area (Å²) in [5.41, 5.74) is 2.37. The second kappa shape index (κ2) is 7.57. The summed E-state index contributed by atoms with van der Waals surface area (Å²) < 4.78 is 0. The first kappa shape index (κ1) is 16.6. The number of hydrogen-bond acceptors (Lipinski definition) is 4. The van der Waals surface area contributed by atoms with Crippen molar-refractivity contribution in [2.24, 2.45) is 0 Å². The maximum Gasteiger partial charge on any atom is 0.276 e. The fourth-order valence-corrected chi connectivity index (χ4v) is 2.55. The Balaban J connectivity index is 1.78. The van der Waals surface area contributed by atoms with Gasteiger partial charge < -0.3 is 9.80 Å². The van der Waals surface area contributed by atoms with Gasteiger partial charge in [-0.15, -0.1) is 0 Å². The summed E-state index contributed by atoms with van der Waals surface area (Å²) in [5.74, 6) is 0.548. The van der Waals surface area contributed by atoms with E-state index in [1.807, 2.05) is 60.5 Å². The van der Waals surface area contributed by atoms with Crippen LogP contribution >= 0.6 is 0 Å². The molecule has 0 radical (unpaired) electrons. The summed E-state index contributed by atoms with van der Waals surface area (Å²) >= 11 is 0. The number of rotatable bonds is 5. The molecule has 0 unspecified atom stereocenters. The van der Waals surface area contributed by atoms with E-state index in [0.29, 0.717) is 18.1 Å². The van der Waals surface area contributed by atoms with Crippen LogP contribution in [-0.4, -0.2) is 30.0 Å². The lowest BCUT2D eigenvalue weighted by Crippen LogP contribution is -2.27. The van der Waals surface area contributed by atoms with E-state index in [9.17, 15) is 4.79 Å². The Labute approximate surface area is 147 Å². The minimum atomic E-state index is -0.164. The SMILES string of the molecule is CN(Cc1ccccc1)c1cc(C(=O)N(C)c2ccccc2)ncn1. The van der Waals surface area contributed by atoms with Crippen molar-refractivity contribution in [1.29, 1.82) is 0 Å². The van der Waals surface area contributed by atoms with Gasteiger partial charge in [0.05, 0.1) is 0 Å². The summed E-state index contributed by atoms with van der Waals surface area (Å²) in [7, 11) is 3.69. The van der Waals surface area contributed by atoms with Gasteiger partial charge in [0.1, 0.15) is 17.8 Å². The normalized spacial score (nSPS) is 10.3. The van der Waals surface area contributed by atoms with Crippen molar-refractivity contribution in [3.05, 3.63) is 84.3 Å². The summed E-state index contributed by atoms with van der Waals surface area (Å²) in [6, 6.07) is 21.4. The Kier molecular flexibility index (Phi) is 5.04. The molecule has 0 saturated heterocycles. The van der Waals surface area contributed by atoms with Crippen molar-refractivity contribution in [2.45, 2.75) is 6.54 Å². The summed E-state index contributed by atoms with van der Waals surface area (Å²) in [6.07, 6.45) is 1.43. The second-order valence-corrected chi connectivity index (χ2v) is 5.80. The van der Waals surface area contributed by atoms with Gasteiger partial charge in [-0.3, -0.25) is 4.79 Å². The lowest BCUT2D eigenvalue weighted by Gasteiger charge is -2.20. The van der Waals surface area contributed by atoms with E-state index in [1.165, 1.54) is 11.9 Å². The van der Waals surface area contributed by atoms with Gasteiger partial charge in [-0.25, -0.2) is 9.97 Å². The predicted molar refractivity (Wildman–Crippen MR) is 99.8 cm³/mol. The highest BCUT2D eigenvalue weighted by molar-refractivity contribution is 6.04. The minimum absolute atomic E-state index is 0.164. The quantitative estimate of drug-likeness (QED) is 0.718. The van der Waals surface area contributed by atoms with Crippen LogP contribution in [0.4, 0.5) is 11.5 Å². The van der Waals surface area contributed by atoms with Crippen LogP contribution in [0.25, 0.3) is 0 Å². The van der Waals surface area contributed by atoms with Crippen LogP contribution in [-0.2, 0) is 6.54 Å². The molecule has 1 amide bonds. The molecule has 0 N–H and O–H groups in total. The zero-order valence-electron chi connectivity index (χ0n) is 14.3. The summed E-state index contributed by atoms with van der Waals surface area (Å²) in [4.78, 5) is 24.7. The van der Waals surface area contributed by atoms with Crippen molar-refractivity contribution in [1.82, 2.24) is 9.97 Å². The van der Waals surface area contributed by atoms with E-state index >= 15 is 0 Å². The molecule has 1 aromatic heterocycles.